The van der Waals surface area contributed by atoms with Crippen molar-refractivity contribution < 1.29 is 14.2 Å². The highest BCUT2D eigenvalue weighted by molar-refractivity contribution is 14.1. The Balaban J connectivity index is 3.58. The van der Waals surface area contributed by atoms with Crippen molar-refractivity contribution in [2.75, 3.05) is 6.61 Å². The highest BCUT2D eigenvalue weighted by Crippen LogP contribution is 2.06. The number of rotatable bonds is 3. The second-order valence-electron chi connectivity index (χ2n) is 3.43. The zero-order valence-corrected chi connectivity index (χ0v) is 10.0. The average Bonchev–Trinajstić information content (AvgIpc) is 1.80. The standard InChI is InChI=1S/C7H14BIO3/c1-7(2,3)11-5-6(10)12-8(4)9/h5H2,1-4H3. The molecular weight excluding hydrogens is 270 g/mol. The van der Waals surface area contributed by atoms with E-state index in [1.165, 1.54) is 0 Å². The number of halogens is 1. The molecule has 0 spiro atoms. The van der Waals surface area contributed by atoms with Gasteiger partial charge in [-0.1, -0.05) is 22.4 Å². The Morgan fingerprint density at radius 1 is 1.50 bits per heavy atom. The van der Waals surface area contributed by atoms with Crippen LogP contribution in [0.15, 0.2) is 0 Å². The van der Waals surface area contributed by atoms with Gasteiger partial charge in [0.25, 0.3) is 0 Å². The molecule has 0 bridgehead atoms. The van der Waals surface area contributed by atoms with E-state index in [0.29, 0.717) is 0 Å². The van der Waals surface area contributed by atoms with E-state index in [9.17, 15) is 4.79 Å². The first kappa shape index (κ1) is 12.2. The van der Waals surface area contributed by atoms with Crippen LogP contribution in [0.3, 0.4) is 0 Å². The van der Waals surface area contributed by atoms with E-state index in [1.807, 2.05) is 43.1 Å². The van der Waals surface area contributed by atoms with Crippen LogP contribution in [0.2, 0.25) is 6.82 Å². The van der Waals surface area contributed by atoms with Gasteiger partial charge in [-0.25, -0.2) is 0 Å². The largest absolute Gasteiger partial charge is 0.524 e. The minimum absolute atomic E-state index is 0.0246. The first-order valence-corrected chi connectivity index (χ1v) is 5.03. The Kier molecular flexibility index (Phi) is 5.16. The molecule has 0 unspecified atom stereocenters. The Morgan fingerprint density at radius 3 is 2.33 bits per heavy atom. The molecule has 0 radical (unpaired) electrons. The van der Waals surface area contributed by atoms with Crippen molar-refractivity contribution in [1.29, 1.82) is 0 Å². The number of carbonyl (C=O) groups excluding carboxylic acids is 1. The highest BCUT2D eigenvalue weighted by atomic mass is 127. The van der Waals surface area contributed by atoms with Crippen LogP contribution in [-0.2, 0) is 14.2 Å². The van der Waals surface area contributed by atoms with Gasteiger partial charge in [0.2, 0.25) is 0 Å². The molecular formula is C7H14BIO3. The van der Waals surface area contributed by atoms with Crippen molar-refractivity contribution in [2.24, 2.45) is 0 Å². The van der Waals surface area contributed by atoms with E-state index in [1.54, 1.807) is 6.82 Å². The zero-order valence-electron chi connectivity index (χ0n) is 7.89. The molecule has 0 atom stereocenters. The zero-order chi connectivity index (χ0) is 9.78. The van der Waals surface area contributed by atoms with E-state index in [4.69, 9.17) is 9.39 Å². The first-order valence-electron chi connectivity index (χ1n) is 3.79. The lowest BCUT2D eigenvalue weighted by atomic mass is 10.1. The molecule has 3 nitrogen and oxygen atoms in total. The summed E-state index contributed by atoms with van der Waals surface area (Å²) in [6, 6.07) is 0. The maximum Gasteiger partial charge on any atom is 0.428 e. The molecule has 0 aliphatic rings. The van der Waals surface area contributed by atoms with Crippen LogP contribution in [-0.4, -0.2) is 22.9 Å². The number of ether oxygens (including phenoxy) is 1. The molecule has 0 fully saturated rings. The summed E-state index contributed by atoms with van der Waals surface area (Å²) in [6.45, 7) is 7.52. The third-order valence-corrected chi connectivity index (χ3v) is 1.17. The second kappa shape index (κ2) is 5.06. The van der Waals surface area contributed by atoms with Crippen molar-refractivity contribution in [3.63, 3.8) is 0 Å². The molecule has 0 aromatic heterocycles. The Bertz CT molecular complexity index is 153. The Labute approximate surface area is 87.2 Å². The van der Waals surface area contributed by atoms with Gasteiger partial charge in [-0.2, -0.15) is 0 Å². The predicted octanol–water partition coefficient (Wildman–Crippen LogP) is 1.90. The second-order valence-corrected chi connectivity index (χ2v) is 5.19. The van der Waals surface area contributed by atoms with Crippen LogP contribution in [0, 0.1) is 0 Å². The van der Waals surface area contributed by atoms with Gasteiger partial charge in [-0.05, 0) is 27.6 Å². The van der Waals surface area contributed by atoms with Crippen LogP contribution in [0.1, 0.15) is 20.8 Å². The van der Waals surface area contributed by atoms with Gasteiger partial charge in [0.05, 0.1) is 5.60 Å². The highest BCUT2D eigenvalue weighted by Gasteiger charge is 2.15. The monoisotopic (exact) mass is 284 g/mol. The molecule has 5 heteroatoms. The van der Waals surface area contributed by atoms with Gasteiger partial charge in [0.15, 0.2) is 0 Å². The maximum atomic E-state index is 10.9. The molecule has 0 heterocycles. The van der Waals surface area contributed by atoms with Crippen LogP contribution in [0.5, 0.6) is 0 Å². The molecule has 0 aliphatic heterocycles. The van der Waals surface area contributed by atoms with E-state index in [-0.39, 0.29) is 22.9 Å². The molecule has 0 saturated carbocycles. The van der Waals surface area contributed by atoms with Gasteiger partial charge in [0, 0.05) is 0 Å². The normalized spacial score (nSPS) is 11.1. The molecule has 12 heavy (non-hydrogen) atoms. The van der Waals surface area contributed by atoms with Crippen molar-refractivity contribution >= 4 is 33.1 Å². The van der Waals surface area contributed by atoms with E-state index < -0.39 is 0 Å². The summed E-state index contributed by atoms with van der Waals surface area (Å²) < 4.78 is 9.98. The minimum atomic E-state index is -0.313. The van der Waals surface area contributed by atoms with Gasteiger partial charge < -0.3 is 9.39 Å². The van der Waals surface area contributed by atoms with E-state index >= 15 is 0 Å². The smallest absolute Gasteiger partial charge is 0.428 e. The van der Waals surface area contributed by atoms with Crippen LogP contribution < -0.4 is 0 Å². The van der Waals surface area contributed by atoms with Crippen LogP contribution in [0.25, 0.3) is 0 Å². The summed E-state index contributed by atoms with van der Waals surface area (Å²) >= 11 is 2.02. The molecule has 0 amide bonds. The van der Waals surface area contributed by atoms with Gasteiger partial charge in [-0.3, -0.25) is 4.79 Å². The Hall–Kier alpha value is 0.225. The van der Waals surface area contributed by atoms with E-state index in [0.717, 1.165) is 0 Å². The van der Waals surface area contributed by atoms with E-state index in [2.05, 4.69) is 0 Å². The maximum absolute atomic E-state index is 10.9. The van der Waals surface area contributed by atoms with Gasteiger partial charge in [-0.15, -0.1) is 0 Å². The quantitative estimate of drug-likeness (QED) is 0.586. The third kappa shape index (κ3) is 8.32. The lowest BCUT2D eigenvalue weighted by molar-refractivity contribution is -0.144. The number of carbonyl (C=O) groups is 1. The molecule has 0 aromatic carbocycles. The number of hydrogen-bond donors (Lipinski definition) is 0. The molecule has 0 aliphatic carbocycles. The molecule has 70 valence electrons. The topological polar surface area (TPSA) is 35.5 Å². The summed E-state index contributed by atoms with van der Waals surface area (Å²) in [5, 5.41) is 0. The van der Waals surface area contributed by atoms with Crippen molar-refractivity contribution in [3.05, 3.63) is 0 Å². The fourth-order valence-corrected chi connectivity index (χ4v) is 0.774. The lowest BCUT2D eigenvalue weighted by Gasteiger charge is -2.18. The van der Waals surface area contributed by atoms with Crippen molar-refractivity contribution in [1.82, 2.24) is 0 Å². The predicted molar refractivity (Wildman–Crippen MR) is 57.4 cm³/mol. The average molecular weight is 284 g/mol. The first-order chi connectivity index (χ1) is 5.31. The van der Waals surface area contributed by atoms with Crippen LogP contribution >= 0.6 is 22.4 Å². The molecule has 0 N–H and O–H groups in total. The fraction of sp³-hybridized carbons (Fsp3) is 0.857. The van der Waals surface area contributed by atoms with Gasteiger partial charge in [0.1, 0.15) is 6.61 Å². The fourth-order valence-electron chi connectivity index (χ4n) is 0.491. The van der Waals surface area contributed by atoms with Crippen molar-refractivity contribution in [2.45, 2.75) is 33.2 Å². The lowest BCUT2D eigenvalue weighted by Crippen LogP contribution is -2.26. The van der Waals surface area contributed by atoms with Gasteiger partial charge >= 0.3 is 10.7 Å². The summed E-state index contributed by atoms with van der Waals surface area (Å²) in [4.78, 5) is 10.9. The Morgan fingerprint density at radius 2 is 2.00 bits per heavy atom. The summed E-state index contributed by atoms with van der Waals surface area (Å²) in [6.07, 6.45) is 0. The summed E-state index contributed by atoms with van der Waals surface area (Å²) in [7, 11) is 0. The van der Waals surface area contributed by atoms with Crippen molar-refractivity contribution in [3.8, 4) is 0 Å². The molecule has 0 aromatic rings. The summed E-state index contributed by atoms with van der Waals surface area (Å²) in [5.41, 5.74) is -0.284. The summed E-state index contributed by atoms with van der Waals surface area (Å²) in [5.74, 6) is -0.313. The minimum Gasteiger partial charge on any atom is -0.524 e. The number of hydrogen-bond acceptors (Lipinski definition) is 3. The molecule has 0 rings (SSSR count). The SMILES string of the molecule is CB(I)OC(=O)COC(C)(C)C. The molecule has 0 saturated heterocycles. The van der Waals surface area contributed by atoms with Crippen LogP contribution in [0.4, 0.5) is 0 Å². The third-order valence-electron chi connectivity index (χ3n) is 0.917.